The quantitative estimate of drug-likeness (QED) is 0.284. The number of furan rings is 1. The molecule has 1 N–H and O–H groups in total. The van der Waals surface area contributed by atoms with Crippen molar-refractivity contribution in [3.8, 4) is 6.07 Å². The van der Waals surface area contributed by atoms with Gasteiger partial charge in [0, 0.05) is 6.04 Å². The van der Waals surface area contributed by atoms with Crippen LogP contribution in [-0.4, -0.2) is 46.0 Å². The molecular formula is C37H44N4O3. The van der Waals surface area contributed by atoms with Gasteiger partial charge in [-0.05, 0) is 85.3 Å². The zero-order valence-electron chi connectivity index (χ0n) is 26.1. The number of aliphatic hydroxyl groups is 1. The van der Waals surface area contributed by atoms with Crippen molar-refractivity contribution in [3.05, 3.63) is 95.4 Å². The van der Waals surface area contributed by atoms with Gasteiger partial charge < -0.3 is 14.3 Å². The summed E-state index contributed by atoms with van der Waals surface area (Å²) in [7, 11) is 0. The zero-order chi connectivity index (χ0) is 30.5. The largest absolute Gasteiger partial charge is 0.472 e. The molecule has 3 aliphatic heterocycles. The number of likely N-dealkylation sites (N-methyl/N-ethyl adjacent to an activating group) is 1. The first-order valence-electron chi connectivity index (χ1n) is 16.6. The molecule has 8 atom stereocenters. The van der Waals surface area contributed by atoms with E-state index in [-0.39, 0.29) is 12.1 Å². The molecule has 5 aliphatic rings. The molecular weight excluding hydrogens is 548 g/mol. The lowest BCUT2D eigenvalue weighted by Crippen LogP contribution is -2.80. The van der Waals surface area contributed by atoms with E-state index in [4.69, 9.17) is 14.1 Å². The van der Waals surface area contributed by atoms with Crippen LogP contribution >= 0.6 is 0 Å². The molecule has 2 saturated carbocycles. The lowest BCUT2D eigenvalue weighted by Gasteiger charge is -2.69. The number of rotatable bonds is 10. The first kappa shape index (κ1) is 29.3. The van der Waals surface area contributed by atoms with Gasteiger partial charge in [-0.1, -0.05) is 76.1 Å². The van der Waals surface area contributed by atoms with Crippen molar-refractivity contribution in [1.29, 1.82) is 5.26 Å². The molecule has 0 amide bonds. The molecule has 2 aromatic carbocycles. The van der Waals surface area contributed by atoms with Crippen LogP contribution in [0, 0.1) is 35.0 Å². The smallest absolute Gasteiger partial charge is 0.304 e. The molecule has 230 valence electrons. The summed E-state index contributed by atoms with van der Waals surface area (Å²) < 4.78 is 12.4. The fourth-order valence-electron chi connectivity index (χ4n) is 9.84. The van der Waals surface area contributed by atoms with Gasteiger partial charge in [-0.15, -0.1) is 0 Å². The van der Waals surface area contributed by atoms with E-state index in [0.29, 0.717) is 47.2 Å². The van der Waals surface area contributed by atoms with Gasteiger partial charge in [0.15, 0.2) is 0 Å². The van der Waals surface area contributed by atoms with Crippen molar-refractivity contribution in [1.82, 2.24) is 9.80 Å². The van der Waals surface area contributed by atoms with E-state index >= 15 is 0 Å². The lowest BCUT2D eigenvalue weighted by molar-refractivity contribution is -0.329. The SMILES string of the molecule is CCCC[C@H]1[C@@H]2CC[C@H]3[C@@H]2[C@H]2C(=NCc4ccccc4)OC(O)(c4ccoc4)N2[C@]1(c1ccc(C#N)cc1)[C@@H]3N(CC)CC. The number of piperidine rings is 2. The van der Waals surface area contributed by atoms with Crippen LogP contribution in [-0.2, 0) is 22.7 Å². The summed E-state index contributed by atoms with van der Waals surface area (Å²) in [6.45, 7) is 9.13. The van der Waals surface area contributed by atoms with Crippen LogP contribution < -0.4 is 0 Å². The molecule has 2 aliphatic carbocycles. The predicted octanol–water partition coefficient (Wildman–Crippen LogP) is 6.64. The summed E-state index contributed by atoms with van der Waals surface area (Å²) in [6.07, 6.45) is 8.89. The molecule has 4 bridgehead atoms. The molecule has 0 radical (unpaired) electrons. The normalized spacial score (nSPS) is 34.8. The predicted molar refractivity (Wildman–Crippen MR) is 169 cm³/mol. The van der Waals surface area contributed by atoms with Crippen LogP contribution in [0.3, 0.4) is 0 Å². The molecule has 3 aromatic rings. The first-order valence-corrected chi connectivity index (χ1v) is 16.6. The lowest BCUT2D eigenvalue weighted by atomic mass is 9.49. The van der Waals surface area contributed by atoms with E-state index in [1.54, 1.807) is 12.5 Å². The van der Waals surface area contributed by atoms with Gasteiger partial charge in [0.1, 0.15) is 6.26 Å². The van der Waals surface area contributed by atoms with Gasteiger partial charge >= 0.3 is 5.91 Å². The Morgan fingerprint density at radius 2 is 1.75 bits per heavy atom. The van der Waals surface area contributed by atoms with Crippen molar-refractivity contribution in [2.24, 2.45) is 28.7 Å². The Morgan fingerprint density at radius 1 is 1.00 bits per heavy atom. The minimum atomic E-state index is -1.75. The number of benzene rings is 2. The van der Waals surface area contributed by atoms with Gasteiger partial charge in [0.05, 0.1) is 41.6 Å². The second-order valence-electron chi connectivity index (χ2n) is 13.1. The van der Waals surface area contributed by atoms with Crippen LogP contribution in [0.2, 0.25) is 0 Å². The Bertz CT molecular complexity index is 1510. The van der Waals surface area contributed by atoms with Gasteiger partial charge in [0.25, 0.3) is 0 Å². The summed E-state index contributed by atoms with van der Waals surface area (Å²) in [5.41, 5.74) is 2.93. The number of hydrogen-bond acceptors (Lipinski definition) is 7. The maximum absolute atomic E-state index is 13.0. The number of unbranched alkanes of at least 4 members (excludes halogenated alkanes) is 1. The van der Waals surface area contributed by atoms with Gasteiger partial charge in [-0.25, -0.2) is 9.89 Å². The van der Waals surface area contributed by atoms with Gasteiger partial charge in [-0.3, -0.25) is 4.90 Å². The third-order valence-corrected chi connectivity index (χ3v) is 11.3. The molecule has 7 heteroatoms. The third kappa shape index (κ3) is 4.14. The molecule has 44 heavy (non-hydrogen) atoms. The van der Waals surface area contributed by atoms with Crippen LogP contribution in [0.25, 0.3) is 0 Å². The van der Waals surface area contributed by atoms with E-state index < -0.39 is 11.4 Å². The Labute approximate surface area is 261 Å². The second-order valence-corrected chi connectivity index (χ2v) is 13.1. The summed E-state index contributed by atoms with van der Waals surface area (Å²) in [5, 5.41) is 22.8. The minimum absolute atomic E-state index is 0.169. The van der Waals surface area contributed by atoms with E-state index in [1.807, 2.05) is 36.4 Å². The van der Waals surface area contributed by atoms with E-state index in [9.17, 15) is 10.4 Å². The average Bonchev–Trinajstić information content (AvgIpc) is 3.81. The van der Waals surface area contributed by atoms with E-state index in [2.05, 4.69) is 60.9 Å². The summed E-state index contributed by atoms with van der Waals surface area (Å²) >= 11 is 0. The Kier molecular flexibility index (Phi) is 7.64. The summed E-state index contributed by atoms with van der Waals surface area (Å²) in [4.78, 5) is 10.1. The fourth-order valence-corrected chi connectivity index (χ4v) is 9.84. The standard InChI is InChI=1S/C37H44N4O3/c1-4-7-13-31-29-18-19-30-32(29)33-35(39-23-26-11-9-8-10-12-26)44-37(42,28-20-21-43-24-28)41(33)36(31,34(30)40(5-2)6-3)27-16-14-25(22-38)15-17-27/h8-12,14-17,20-21,24,29-34,42H,4-7,13,18-19,23H2,1-3H3/t29-,30-,31-,32+,33-,34+,36-,37?/m0/s1. The third-order valence-electron chi connectivity index (χ3n) is 11.3. The van der Waals surface area contributed by atoms with Crippen molar-refractivity contribution in [3.63, 3.8) is 0 Å². The van der Waals surface area contributed by atoms with Crippen LogP contribution in [0.1, 0.15) is 75.1 Å². The molecule has 1 aromatic heterocycles. The van der Waals surface area contributed by atoms with Crippen molar-refractivity contribution in [2.45, 2.75) is 83.0 Å². The molecule has 4 heterocycles. The zero-order valence-corrected chi connectivity index (χ0v) is 26.1. The number of ether oxygens (including phenoxy) is 1. The van der Waals surface area contributed by atoms with Crippen LogP contribution in [0.4, 0.5) is 0 Å². The van der Waals surface area contributed by atoms with Crippen molar-refractivity contribution in [2.75, 3.05) is 13.1 Å². The van der Waals surface area contributed by atoms with E-state index in [0.717, 1.165) is 49.9 Å². The highest BCUT2D eigenvalue weighted by atomic mass is 16.7. The summed E-state index contributed by atoms with van der Waals surface area (Å²) in [5.74, 6) is 0.425. The van der Waals surface area contributed by atoms with Crippen molar-refractivity contribution >= 4 is 5.90 Å². The molecule has 0 spiro atoms. The van der Waals surface area contributed by atoms with Crippen LogP contribution in [0.15, 0.2) is 82.6 Å². The monoisotopic (exact) mass is 592 g/mol. The number of hydrogen-bond donors (Lipinski definition) is 1. The number of nitrogens with zero attached hydrogens (tertiary/aromatic N) is 4. The maximum Gasteiger partial charge on any atom is 0.304 e. The Balaban J connectivity index is 1.50. The average molecular weight is 593 g/mol. The summed E-state index contributed by atoms with van der Waals surface area (Å²) in [6, 6.07) is 22.6. The van der Waals surface area contributed by atoms with Crippen LogP contribution in [0.5, 0.6) is 0 Å². The number of aliphatic imine (C=N–C) groups is 1. The first-order chi connectivity index (χ1) is 21.5. The highest BCUT2D eigenvalue weighted by Crippen LogP contribution is 2.71. The van der Waals surface area contributed by atoms with Crippen molar-refractivity contribution < 1.29 is 14.3 Å². The molecule has 3 saturated heterocycles. The van der Waals surface area contributed by atoms with Gasteiger partial charge in [-0.2, -0.15) is 5.26 Å². The highest BCUT2D eigenvalue weighted by Gasteiger charge is 2.79. The number of nitriles is 1. The molecule has 7 nitrogen and oxygen atoms in total. The molecule has 5 fully saturated rings. The molecule has 1 unspecified atom stereocenters. The molecule has 8 rings (SSSR count). The Morgan fingerprint density at radius 3 is 2.41 bits per heavy atom. The van der Waals surface area contributed by atoms with E-state index in [1.165, 1.54) is 6.42 Å². The minimum Gasteiger partial charge on any atom is -0.472 e. The van der Waals surface area contributed by atoms with Gasteiger partial charge in [0.2, 0.25) is 5.90 Å². The fraction of sp³-hybridized carbons (Fsp3) is 0.514. The Hall–Kier alpha value is -3.44. The topological polar surface area (TPSA) is 85.2 Å². The highest BCUT2D eigenvalue weighted by molar-refractivity contribution is 5.86. The second kappa shape index (κ2) is 11.5. The maximum atomic E-state index is 13.0.